The van der Waals surface area contributed by atoms with Gasteiger partial charge in [0.15, 0.2) is 14.4 Å². The fourth-order valence-corrected chi connectivity index (χ4v) is 2.51. The van der Waals surface area contributed by atoms with Crippen LogP contribution in [0.5, 0.6) is 0 Å². The Labute approximate surface area is 102 Å². The summed E-state index contributed by atoms with van der Waals surface area (Å²) in [7, 11) is -1.72. The number of rotatable bonds is 3. The van der Waals surface area contributed by atoms with E-state index in [-0.39, 0.29) is 0 Å². The maximum atomic E-state index is 9.19. The zero-order valence-electron chi connectivity index (χ0n) is 10.2. The second-order valence-electron chi connectivity index (χ2n) is 4.89. The van der Waals surface area contributed by atoms with E-state index in [2.05, 4.69) is 30.7 Å². The molecule has 1 unspecified atom stereocenters. The summed E-state index contributed by atoms with van der Waals surface area (Å²) in [6, 6.07) is 6.01. The van der Waals surface area contributed by atoms with Gasteiger partial charge in [0.1, 0.15) is 5.65 Å². The first-order chi connectivity index (χ1) is 7.99. The average Bonchev–Trinajstić information content (AvgIpc) is 2.71. The van der Waals surface area contributed by atoms with Crippen LogP contribution < -0.4 is 0 Å². The standard InChI is InChI=1S/C12H15N3OSi/c1-17(2,3)16-11(8-13)10-4-5-12-14-6-7-15(12)9-10/h4-7,9,11H,1-3H3. The van der Waals surface area contributed by atoms with E-state index in [0.29, 0.717) is 0 Å². The number of imidazole rings is 1. The van der Waals surface area contributed by atoms with Crippen molar-refractivity contribution in [2.75, 3.05) is 0 Å². The van der Waals surface area contributed by atoms with Gasteiger partial charge in [0.25, 0.3) is 0 Å². The minimum atomic E-state index is -1.72. The molecule has 17 heavy (non-hydrogen) atoms. The van der Waals surface area contributed by atoms with E-state index in [1.54, 1.807) is 6.20 Å². The van der Waals surface area contributed by atoms with Gasteiger partial charge in [0, 0.05) is 24.2 Å². The third kappa shape index (κ3) is 2.73. The molecule has 2 aromatic heterocycles. The number of hydrogen-bond donors (Lipinski definition) is 0. The third-order valence-corrected chi connectivity index (χ3v) is 3.25. The van der Waals surface area contributed by atoms with Crippen LogP contribution >= 0.6 is 0 Å². The van der Waals surface area contributed by atoms with Crippen LogP contribution in [0.15, 0.2) is 30.7 Å². The van der Waals surface area contributed by atoms with Crippen molar-refractivity contribution in [2.24, 2.45) is 0 Å². The van der Waals surface area contributed by atoms with Crippen molar-refractivity contribution in [3.8, 4) is 6.07 Å². The Kier molecular flexibility index (Phi) is 3.00. The van der Waals surface area contributed by atoms with E-state index in [0.717, 1.165) is 11.2 Å². The van der Waals surface area contributed by atoms with E-state index in [1.807, 2.05) is 28.9 Å². The van der Waals surface area contributed by atoms with Gasteiger partial charge in [0.2, 0.25) is 0 Å². The molecule has 0 N–H and O–H groups in total. The zero-order chi connectivity index (χ0) is 12.5. The molecular formula is C12H15N3OSi. The first-order valence-corrected chi connectivity index (χ1v) is 8.90. The second-order valence-corrected chi connectivity index (χ2v) is 9.35. The van der Waals surface area contributed by atoms with Crippen LogP contribution in [-0.4, -0.2) is 17.7 Å². The molecule has 2 rings (SSSR count). The summed E-state index contributed by atoms with van der Waals surface area (Å²) in [4.78, 5) is 4.17. The summed E-state index contributed by atoms with van der Waals surface area (Å²) in [5.74, 6) is 0. The van der Waals surface area contributed by atoms with Gasteiger partial charge >= 0.3 is 0 Å². The Hall–Kier alpha value is -1.64. The van der Waals surface area contributed by atoms with Crippen LogP contribution in [-0.2, 0) is 4.43 Å². The molecule has 0 aliphatic carbocycles. The predicted octanol–water partition coefficient (Wildman–Crippen LogP) is 2.75. The SMILES string of the molecule is C[Si](C)(C)OC(C#N)c1ccc2nccn2c1. The van der Waals surface area contributed by atoms with Crippen LogP contribution in [0.2, 0.25) is 19.6 Å². The summed E-state index contributed by atoms with van der Waals surface area (Å²) in [6.45, 7) is 6.23. The maximum Gasteiger partial charge on any atom is 0.186 e. The smallest absolute Gasteiger partial charge is 0.186 e. The number of fused-ring (bicyclic) bond motifs is 1. The minimum Gasteiger partial charge on any atom is -0.399 e. The number of aromatic nitrogens is 2. The molecule has 0 saturated carbocycles. The van der Waals surface area contributed by atoms with Gasteiger partial charge in [-0.15, -0.1) is 0 Å². The second kappa shape index (κ2) is 4.32. The normalized spacial score (nSPS) is 13.5. The van der Waals surface area contributed by atoms with Gasteiger partial charge in [0.05, 0.1) is 6.07 Å². The highest BCUT2D eigenvalue weighted by molar-refractivity contribution is 6.69. The van der Waals surface area contributed by atoms with E-state index >= 15 is 0 Å². The number of nitriles is 1. The Morgan fingerprint density at radius 2 is 2.18 bits per heavy atom. The molecule has 0 saturated heterocycles. The molecule has 4 nitrogen and oxygen atoms in total. The molecule has 0 spiro atoms. The van der Waals surface area contributed by atoms with E-state index in [1.165, 1.54) is 0 Å². The first kappa shape index (κ1) is 11.8. The zero-order valence-corrected chi connectivity index (χ0v) is 11.2. The summed E-state index contributed by atoms with van der Waals surface area (Å²) in [6.07, 6.45) is 5.01. The van der Waals surface area contributed by atoms with Crippen LogP contribution in [0.25, 0.3) is 5.65 Å². The molecule has 2 heterocycles. The topological polar surface area (TPSA) is 50.3 Å². The third-order valence-electron chi connectivity index (χ3n) is 2.30. The summed E-state index contributed by atoms with van der Waals surface area (Å²) in [5.41, 5.74) is 1.75. The molecule has 0 aliphatic heterocycles. The highest BCUT2D eigenvalue weighted by Gasteiger charge is 2.22. The summed E-state index contributed by atoms with van der Waals surface area (Å²) < 4.78 is 7.74. The lowest BCUT2D eigenvalue weighted by molar-refractivity contribution is 0.254. The molecule has 0 fully saturated rings. The molecule has 0 aromatic carbocycles. The number of hydrogen-bond acceptors (Lipinski definition) is 3. The van der Waals surface area contributed by atoms with Crippen molar-refractivity contribution in [2.45, 2.75) is 25.7 Å². The van der Waals surface area contributed by atoms with Gasteiger partial charge in [-0.05, 0) is 25.7 Å². The largest absolute Gasteiger partial charge is 0.399 e. The molecular weight excluding hydrogens is 230 g/mol. The summed E-state index contributed by atoms with van der Waals surface area (Å²) in [5, 5.41) is 9.19. The molecule has 5 heteroatoms. The lowest BCUT2D eigenvalue weighted by Crippen LogP contribution is -2.27. The van der Waals surface area contributed by atoms with Crippen molar-refractivity contribution >= 4 is 14.0 Å². The highest BCUT2D eigenvalue weighted by Crippen LogP contribution is 2.21. The Morgan fingerprint density at radius 3 is 2.82 bits per heavy atom. The number of pyridine rings is 1. The van der Waals surface area contributed by atoms with Gasteiger partial charge in [-0.3, -0.25) is 0 Å². The van der Waals surface area contributed by atoms with Crippen LogP contribution in [0, 0.1) is 11.3 Å². The highest BCUT2D eigenvalue weighted by atomic mass is 28.4. The van der Waals surface area contributed by atoms with E-state index in [4.69, 9.17) is 4.43 Å². The lowest BCUT2D eigenvalue weighted by Gasteiger charge is -2.21. The van der Waals surface area contributed by atoms with Crippen molar-refractivity contribution in [3.63, 3.8) is 0 Å². The first-order valence-electron chi connectivity index (χ1n) is 5.50. The van der Waals surface area contributed by atoms with Crippen molar-refractivity contribution < 1.29 is 4.43 Å². The molecule has 88 valence electrons. The number of nitrogens with zero attached hydrogens (tertiary/aromatic N) is 3. The van der Waals surface area contributed by atoms with Gasteiger partial charge < -0.3 is 8.83 Å². The van der Waals surface area contributed by atoms with Crippen molar-refractivity contribution in [3.05, 3.63) is 36.3 Å². The summed E-state index contributed by atoms with van der Waals surface area (Å²) >= 11 is 0. The van der Waals surface area contributed by atoms with Crippen LogP contribution in [0.3, 0.4) is 0 Å². The van der Waals surface area contributed by atoms with Gasteiger partial charge in [-0.1, -0.05) is 6.07 Å². The molecule has 2 aromatic rings. The maximum absolute atomic E-state index is 9.19. The van der Waals surface area contributed by atoms with Crippen molar-refractivity contribution in [1.82, 2.24) is 9.38 Å². The fraction of sp³-hybridized carbons (Fsp3) is 0.333. The van der Waals surface area contributed by atoms with Crippen LogP contribution in [0.4, 0.5) is 0 Å². The quantitative estimate of drug-likeness (QED) is 0.781. The van der Waals surface area contributed by atoms with Gasteiger partial charge in [-0.25, -0.2) is 4.98 Å². The Balaban J connectivity index is 2.33. The monoisotopic (exact) mass is 245 g/mol. The average molecular weight is 245 g/mol. The van der Waals surface area contributed by atoms with E-state index < -0.39 is 14.4 Å². The molecule has 0 bridgehead atoms. The molecule has 1 atom stereocenters. The lowest BCUT2D eigenvalue weighted by atomic mass is 10.2. The fourth-order valence-electron chi connectivity index (χ4n) is 1.61. The Morgan fingerprint density at radius 1 is 1.41 bits per heavy atom. The van der Waals surface area contributed by atoms with Crippen LogP contribution in [0.1, 0.15) is 11.7 Å². The van der Waals surface area contributed by atoms with Gasteiger partial charge in [-0.2, -0.15) is 5.26 Å². The minimum absolute atomic E-state index is 0.492. The van der Waals surface area contributed by atoms with Crippen molar-refractivity contribution in [1.29, 1.82) is 5.26 Å². The molecule has 0 radical (unpaired) electrons. The van der Waals surface area contributed by atoms with E-state index in [9.17, 15) is 5.26 Å². The molecule has 0 aliphatic rings. The predicted molar refractivity (Wildman–Crippen MR) is 68.0 cm³/mol. The Bertz CT molecular complexity index is 565. The molecule has 0 amide bonds.